The number of hydrogen-bond acceptors (Lipinski definition) is 6. The van der Waals surface area contributed by atoms with Gasteiger partial charge in [0.1, 0.15) is 4.83 Å². The van der Waals surface area contributed by atoms with Crippen LogP contribution >= 0.6 is 11.3 Å². The highest BCUT2D eigenvalue weighted by Gasteiger charge is 2.24. The van der Waals surface area contributed by atoms with Crippen molar-refractivity contribution in [2.75, 3.05) is 19.8 Å². The van der Waals surface area contributed by atoms with Crippen LogP contribution in [0.15, 0.2) is 29.3 Å². The summed E-state index contributed by atoms with van der Waals surface area (Å²) < 4.78 is 13.0. The van der Waals surface area contributed by atoms with Gasteiger partial charge < -0.3 is 18.9 Å². The van der Waals surface area contributed by atoms with E-state index in [1.165, 1.54) is 22.2 Å². The third-order valence-corrected chi connectivity index (χ3v) is 6.32. The molecule has 1 amide bonds. The van der Waals surface area contributed by atoms with Gasteiger partial charge in [0.2, 0.25) is 0 Å². The van der Waals surface area contributed by atoms with Crippen molar-refractivity contribution in [3.05, 3.63) is 50.9 Å². The van der Waals surface area contributed by atoms with Crippen LogP contribution in [0.4, 0.5) is 0 Å². The number of ether oxygens (including phenoxy) is 2. The lowest BCUT2D eigenvalue weighted by Crippen LogP contribution is -2.31. The molecule has 8 heteroatoms. The number of carbonyl (C=O) groups is 1. The highest BCUT2D eigenvalue weighted by Crippen LogP contribution is 2.31. The van der Waals surface area contributed by atoms with E-state index >= 15 is 0 Å². The highest BCUT2D eigenvalue weighted by molar-refractivity contribution is 7.20. The second-order valence-corrected chi connectivity index (χ2v) is 8.69. The predicted octanol–water partition coefficient (Wildman–Crippen LogP) is 4.54. The average molecular weight is 458 g/mol. The monoisotopic (exact) mass is 457 g/mol. The molecule has 0 radical (unpaired) electrons. The molecule has 2 aromatic heterocycles. The maximum absolute atomic E-state index is 13.5. The number of rotatable bonds is 10. The number of thiophene rings is 1. The summed E-state index contributed by atoms with van der Waals surface area (Å²) >= 11 is 1.28. The number of hydrogen-bond donors (Lipinski definition) is 0. The van der Waals surface area contributed by atoms with Crippen LogP contribution in [0, 0.1) is 6.92 Å². The van der Waals surface area contributed by atoms with Crippen LogP contribution in [0.25, 0.3) is 10.2 Å². The Morgan fingerprint density at radius 2 is 1.94 bits per heavy atom. The Kier molecular flexibility index (Phi) is 7.90. The molecule has 0 aliphatic carbocycles. The maximum Gasteiger partial charge on any atom is 0.264 e. The van der Waals surface area contributed by atoms with Crippen LogP contribution < -0.4 is 15.0 Å². The maximum atomic E-state index is 13.5. The van der Waals surface area contributed by atoms with Crippen molar-refractivity contribution in [3.8, 4) is 11.5 Å². The minimum Gasteiger partial charge on any atom is -0.490 e. The molecule has 0 aliphatic heterocycles. The number of carbonyl (C=O) groups excluding carboxylic acids is 1. The summed E-state index contributed by atoms with van der Waals surface area (Å²) in [6, 6.07) is 5.82. The molecular formula is C24H31N3O4S. The fourth-order valence-corrected chi connectivity index (χ4v) is 4.66. The summed E-state index contributed by atoms with van der Waals surface area (Å²) in [5.74, 6) is 1.32. The Hall–Kier alpha value is -2.87. The van der Waals surface area contributed by atoms with Crippen LogP contribution in [0.2, 0.25) is 0 Å². The molecule has 2 heterocycles. The molecule has 0 unspecified atom stereocenters. The average Bonchev–Trinajstić information content (AvgIpc) is 3.12. The fourth-order valence-electron chi connectivity index (χ4n) is 3.55. The fraction of sp³-hybridized carbons (Fsp3) is 0.458. The normalized spacial score (nSPS) is 11.0. The molecule has 0 saturated carbocycles. The van der Waals surface area contributed by atoms with Gasteiger partial charge in [-0.15, -0.1) is 11.3 Å². The molecule has 3 aromatic rings. The van der Waals surface area contributed by atoms with Crippen molar-refractivity contribution in [1.82, 2.24) is 14.5 Å². The van der Waals surface area contributed by atoms with E-state index in [-0.39, 0.29) is 11.5 Å². The largest absolute Gasteiger partial charge is 0.490 e. The molecule has 0 aliphatic rings. The lowest BCUT2D eigenvalue weighted by atomic mass is 10.1. The van der Waals surface area contributed by atoms with E-state index < -0.39 is 0 Å². The lowest BCUT2D eigenvalue weighted by Gasteiger charge is -2.23. The van der Waals surface area contributed by atoms with Crippen LogP contribution in [0.3, 0.4) is 0 Å². The molecule has 1 aromatic carbocycles. The summed E-state index contributed by atoms with van der Waals surface area (Å²) in [6.07, 6.45) is 3.24. The Labute approximate surface area is 192 Å². The first-order valence-corrected chi connectivity index (χ1v) is 11.8. The number of aromatic nitrogens is 2. The van der Waals surface area contributed by atoms with E-state index in [0.29, 0.717) is 58.5 Å². The summed E-state index contributed by atoms with van der Waals surface area (Å²) in [4.78, 5) is 33.4. The molecule has 0 N–H and O–H groups in total. The van der Waals surface area contributed by atoms with Gasteiger partial charge >= 0.3 is 0 Å². The van der Waals surface area contributed by atoms with Crippen LogP contribution in [-0.2, 0) is 13.6 Å². The lowest BCUT2D eigenvalue weighted by molar-refractivity contribution is 0.0747. The first-order chi connectivity index (χ1) is 15.4. The molecule has 3 rings (SSSR count). The molecule has 0 fully saturated rings. The quantitative estimate of drug-likeness (QED) is 0.447. The summed E-state index contributed by atoms with van der Waals surface area (Å²) in [5.41, 5.74) is 1.53. The topological polar surface area (TPSA) is 73.7 Å². The van der Waals surface area contributed by atoms with Gasteiger partial charge in [-0.3, -0.25) is 9.59 Å². The van der Waals surface area contributed by atoms with E-state index in [9.17, 15) is 9.59 Å². The number of benzene rings is 1. The van der Waals surface area contributed by atoms with Gasteiger partial charge in [0.05, 0.1) is 29.8 Å². The van der Waals surface area contributed by atoms with Gasteiger partial charge in [0, 0.05) is 20.1 Å². The van der Waals surface area contributed by atoms with Crippen molar-refractivity contribution in [2.45, 2.75) is 47.1 Å². The molecule has 0 spiro atoms. The second kappa shape index (κ2) is 10.6. The van der Waals surface area contributed by atoms with Gasteiger partial charge in [-0.1, -0.05) is 19.9 Å². The molecule has 0 atom stereocenters. The summed E-state index contributed by atoms with van der Waals surface area (Å²) in [7, 11) is 1.67. The number of fused-ring (bicyclic) bond motifs is 1. The van der Waals surface area contributed by atoms with Crippen LogP contribution in [0.5, 0.6) is 11.5 Å². The highest BCUT2D eigenvalue weighted by atomic mass is 32.1. The summed E-state index contributed by atoms with van der Waals surface area (Å²) in [6.45, 7) is 10.1. The van der Waals surface area contributed by atoms with E-state index in [1.807, 2.05) is 43.9 Å². The zero-order chi connectivity index (χ0) is 23.3. The zero-order valence-corrected chi connectivity index (χ0v) is 20.3. The van der Waals surface area contributed by atoms with Crippen molar-refractivity contribution in [1.29, 1.82) is 0 Å². The van der Waals surface area contributed by atoms with E-state index in [4.69, 9.17) is 9.47 Å². The van der Waals surface area contributed by atoms with Crippen molar-refractivity contribution < 1.29 is 14.3 Å². The van der Waals surface area contributed by atoms with Gasteiger partial charge in [-0.2, -0.15) is 0 Å². The van der Waals surface area contributed by atoms with Crippen molar-refractivity contribution in [2.24, 2.45) is 7.05 Å². The van der Waals surface area contributed by atoms with Crippen LogP contribution in [0.1, 0.15) is 54.4 Å². The third kappa shape index (κ3) is 4.96. The molecule has 172 valence electrons. The molecule has 0 saturated heterocycles. The van der Waals surface area contributed by atoms with Crippen molar-refractivity contribution in [3.63, 3.8) is 0 Å². The standard InChI is InChI=1S/C24H31N3O4S/c1-6-11-27(14-17-9-10-18(31-12-7-2)19(13-17)30-8-3)24(29)21-16(4)20-22(32-21)25-15-26(5)23(20)28/h9-10,13,15H,6-8,11-12,14H2,1-5H3. The Morgan fingerprint density at radius 1 is 1.16 bits per heavy atom. The minimum absolute atomic E-state index is 0.0846. The predicted molar refractivity (Wildman–Crippen MR) is 128 cm³/mol. The second-order valence-electron chi connectivity index (χ2n) is 7.69. The van der Waals surface area contributed by atoms with Crippen molar-refractivity contribution >= 4 is 27.5 Å². The minimum atomic E-state index is -0.131. The number of nitrogens with zero attached hydrogens (tertiary/aromatic N) is 3. The van der Waals surface area contributed by atoms with Gasteiger partial charge in [0.25, 0.3) is 11.5 Å². The molecular weight excluding hydrogens is 426 g/mol. The SMILES string of the molecule is CCCOc1ccc(CN(CCC)C(=O)c2sc3ncn(C)c(=O)c3c2C)cc1OCC. The zero-order valence-electron chi connectivity index (χ0n) is 19.4. The van der Waals surface area contributed by atoms with Gasteiger partial charge in [-0.05, 0) is 49.9 Å². The smallest absolute Gasteiger partial charge is 0.264 e. The van der Waals surface area contributed by atoms with E-state index in [2.05, 4.69) is 11.9 Å². The number of aryl methyl sites for hydroxylation is 2. The first-order valence-electron chi connectivity index (χ1n) is 11.0. The Balaban J connectivity index is 1.92. The van der Waals surface area contributed by atoms with Gasteiger partial charge in [-0.25, -0.2) is 4.98 Å². The molecule has 32 heavy (non-hydrogen) atoms. The summed E-state index contributed by atoms with van der Waals surface area (Å²) in [5, 5.41) is 0.524. The Morgan fingerprint density at radius 3 is 2.62 bits per heavy atom. The Bertz CT molecular complexity index is 1150. The van der Waals surface area contributed by atoms with Gasteiger partial charge in [0.15, 0.2) is 11.5 Å². The van der Waals surface area contributed by atoms with E-state index in [0.717, 1.165) is 18.4 Å². The number of amides is 1. The third-order valence-electron chi connectivity index (χ3n) is 5.13. The molecule has 7 nitrogen and oxygen atoms in total. The first kappa shape index (κ1) is 23.8. The van der Waals surface area contributed by atoms with Crippen LogP contribution in [-0.4, -0.2) is 40.1 Å². The molecule has 0 bridgehead atoms. The van der Waals surface area contributed by atoms with E-state index in [1.54, 1.807) is 7.05 Å².